The predicted octanol–water partition coefficient (Wildman–Crippen LogP) is 5.08. The summed E-state index contributed by atoms with van der Waals surface area (Å²) in [5.41, 5.74) is 1.27. The summed E-state index contributed by atoms with van der Waals surface area (Å²) in [6.07, 6.45) is 3.29. The smallest absolute Gasteiger partial charge is 0.233 e. The van der Waals surface area contributed by atoms with Crippen molar-refractivity contribution in [1.29, 1.82) is 0 Å². The normalized spacial score (nSPS) is 16.2. The van der Waals surface area contributed by atoms with Crippen LogP contribution in [-0.2, 0) is 0 Å². The molecule has 2 heterocycles. The van der Waals surface area contributed by atoms with Gasteiger partial charge in [-0.25, -0.2) is 4.39 Å². The maximum absolute atomic E-state index is 13.1. The lowest BCUT2D eigenvalue weighted by Gasteiger charge is -2.32. The van der Waals surface area contributed by atoms with Gasteiger partial charge in [-0.15, -0.1) is 0 Å². The summed E-state index contributed by atoms with van der Waals surface area (Å²) in [5, 5.41) is 1.11. The van der Waals surface area contributed by atoms with Crippen molar-refractivity contribution >= 4 is 21.6 Å². The Morgan fingerprint density at radius 2 is 1.85 bits per heavy atom. The fourth-order valence-electron chi connectivity index (χ4n) is 3.65. The van der Waals surface area contributed by atoms with Crippen LogP contribution in [0.4, 0.5) is 4.39 Å². The highest BCUT2D eigenvalue weighted by molar-refractivity contribution is 7.13. The third kappa shape index (κ3) is 4.05. The van der Waals surface area contributed by atoms with Gasteiger partial charge in [-0.1, -0.05) is 24.3 Å². The molecule has 1 aliphatic rings. The molecule has 1 aromatic heterocycles. The molecule has 0 atom stereocenters. The summed E-state index contributed by atoms with van der Waals surface area (Å²) in [6.45, 7) is 3.95. The van der Waals surface area contributed by atoms with Gasteiger partial charge in [0.1, 0.15) is 5.82 Å². The maximum Gasteiger partial charge on any atom is 0.233 e. The van der Waals surface area contributed by atoms with E-state index < -0.39 is 0 Å². The van der Waals surface area contributed by atoms with E-state index in [0.29, 0.717) is 12.5 Å². The van der Waals surface area contributed by atoms with E-state index in [1.54, 1.807) is 12.1 Å². The quantitative estimate of drug-likeness (QED) is 0.566. The van der Waals surface area contributed by atoms with Gasteiger partial charge >= 0.3 is 0 Å². The van der Waals surface area contributed by atoms with Crippen LogP contribution in [0.2, 0.25) is 0 Å². The summed E-state index contributed by atoms with van der Waals surface area (Å²) in [6, 6.07) is 15.2. The molecule has 1 aliphatic heterocycles. The Balaban J connectivity index is 1.20. The van der Waals surface area contributed by atoms with E-state index >= 15 is 0 Å². The summed E-state index contributed by atoms with van der Waals surface area (Å²) in [5.74, 6) is 1.17. The van der Waals surface area contributed by atoms with Crippen LogP contribution in [0.1, 0.15) is 30.7 Å². The molecular weight excluding hydrogens is 347 g/mol. The molecule has 0 N–H and O–H groups in total. The van der Waals surface area contributed by atoms with Crippen LogP contribution in [0, 0.1) is 5.82 Å². The number of fused-ring (bicyclic) bond motifs is 1. The third-order valence-electron chi connectivity index (χ3n) is 5.13. The number of halogens is 1. The number of rotatable bonds is 6. The molecule has 0 radical (unpaired) electrons. The van der Waals surface area contributed by atoms with Crippen LogP contribution in [0.3, 0.4) is 0 Å². The summed E-state index contributed by atoms with van der Waals surface area (Å²) in [7, 11) is 0. The zero-order chi connectivity index (χ0) is 17.8. The van der Waals surface area contributed by atoms with Gasteiger partial charge in [0.05, 0.1) is 16.7 Å². The molecule has 2 aromatic carbocycles. The van der Waals surface area contributed by atoms with Crippen molar-refractivity contribution in [2.24, 2.45) is 0 Å². The highest BCUT2D eigenvalue weighted by Crippen LogP contribution is 2.29. The summed E-state index contributed by atoms with van der Waals surface area (Å²) in [4.78, 5) is 2.50. The Bertz CT molecular complexity index is 841. The Kier molecular flexibility index (Phi) is 5.46. The second kappa shape index (κ2) is 8.14. The molecule has 136 valence electrons. The second-order valence-corrected chi connectivity index (χ2v) is 7.66. The number of likely N-dealkylation sites (tertiary alicyclic amines) is 1. The Morgan fingerprint density at radius 3 is 2.65 bits per heavy atom. The first-order valence-corrected chi connectivity index (χ1v) is 10.0. The highest BCUT2D eigenvalue weighted by atomic mass is 32.1. The van der Waals surface area contributed by atoms with Gasteiger partial charge in [0.25, 0.3) is 0 Å². The third-order valence-corrected chi connectivity index (χ3v) is 5.94. The zero-order valence-corrected chi connectivity index (χ0v) is 15.6. The maximum atomic E-state index is 13.1. The molecule has 0 saturated carbocycles. The van der Waals surface area contributed by atoms with Crippen molar-refractivity contribution in [1.82, 2.24) is 9.27 Å². The second-order valence-electron chi connectivity index (χ2n) is 6.85. The monoisotopic (exact) mass is 370 g/mol. The first-order valence-electron chi connectivity index (χ1n) is 9.24. The van der Waals surface area contributed by atoms with E-state index in [1.165, 1.54) is 21.8 Å². The van der Waals surface area contributed by atoms with E-state index in [9.17, 15) is 4.39 Å². The van der Waals surface area contributed by atoms with Crippen LogP contribution in [0.15, 0.2) is 48.5 Å². The molecule has 5 heteroatoms. The minimum Gasteiger partial charge on any atom is -0.477 e. The zero-order valence-electron chi connectivity index (χ0n) is 14.7. The van der Waals surface area contributed by atoms with Crippen molar-refractivity contribution < 1.29 is 9.13 Å². The fraction of sp³-hybridized carbons (Fsp3) is 0.381. The molecule has 1 saturated heterocycles. The molecule has 0 amide bonds. The minimum atomic E-state index is -0.154. The van der Waals surface area contributed by atoms with Gasteiger partial charge in [-0.3, -0.25) is 0 Å². The van der Waals surface area contributed by atoms with Gasteiger partial charge in [-0.05, 0) is 79.6 Å². The largest absolute Gasteiger partial charge is 0.477 e. The van der Waals surface area contributed by atoms with Gasteiger partial charge < -0.3 is 9.64 Å². The number of piperidine rings is 1. The molecule has 0 unspecified atom stereocenters. The molecule has 3 nitrogen and oxygen atoms in total. The van der Waals surface area contributed by atoms with Crippen LogP contribution in [0.5, 0.6) is 5.88 Å². The van der Waals surface area contributed by atoms with E-state index in [0.717, 1.165) is 50.2 Å². The molecule has 0 bridgehead atoms. The van der Waals surface area contributed by atoms with Crippen molar-refractivity contribution in [3.8, 4) is 5.88 Å². The Labute approximate surface area is 157 Å². The standard InChI is InChI=1S/C21H23FN2OS/c22-18-8-6-16(7-9-18)17-10-13-24(14-11-17)12-3-15-25-21-19-4-1-2-5-20(19)26-23-21/h1-2,4-9,17H,3,10-15H2. The summed E-state index contributed by atoms with van der Waals surface area (Å²) < 4.78 is 24.5. The van der Waals surface area contributed by atoms with E-state index in [1.807, 2.05) is 24.3 Å². The topological polar surface area (TPSA) is 25.4 Å². The Morgan fingerprint density at radius 1 is 1.08 bits per heavy atom. The van der Waals surface area contributed by atoms with Gasteiger partial charge in [-0.2, -0.15) is 4.37 Å². The van der Waals surface area contributed by atoms with E-state index in [-0.39, 0.29) is 5.82 Å². The van der Waals surface area contributed by atoms with E-state index in [4.69, 9.17) is 4.74 Å². The predicted molar refractivity (Wildman–Crippen MR) is 105 cm³/mol. The lowest BCUT2D eigenvalue weighted by molar-refractivity contribution is 0.192. The van der Waals surface area contributed by atoms with Crippen LogP contribution in [0.25, 0.3) is 10.1 Å². The molecule has 3 aromatic rings. The number of hydrogen-bond donors (Lipinski definition) is 0. The Hall–Kier alpha value is -1.98. The molecular formula is C21H23FN2OS. The lowest BCUT2D eigenvalue weighted by atomic mass is 9.89. The molecule has 4 rings (SSSR count). The van der Waals surface area contributed by atoms with Crippen LogP contribution >= 0.6 is 11.5 Å². The molecule has 26 heavy (non-hydrogen) atoms. The van der Waals surface area contributed by atoms with Crippen molar-refractivity contribution in [2.45, 2.75) is 25.2 Å². The minimum absolute atomic E-state index is 0.154. The van der Waals surface area contributed by atoms with Crippen molar-refractivity contribution in [3.05, 3.63) is 59.9 Å². The molecule has 0 aliphatic carbocycles. The van der Waals surface area contributed by atoms with Gasteiger partial charge in [0.15, 0.2) is 0 Å². The SMILES string of the molecule is Fc1ccc(C2CCN(CCCOc3nsc4ccccc34)CC2)cc1. The van der Waals surface area contributed by atoms with Gasteiger partial charge in [0, 0.05) is 6.54 Å². The average molecular weight is 370 g/mol. The van der Waals surface area contributed by atoms with Crippen molar-refractivity contribution in [2.75, 3.05) is 26.2 Å². The van der Waals surface area contributed by atoms with Crippen LogP contribution < -0.4 is 4.74 Å². The van der Waals surface area contributed by atoms with Crippen LogP contribution in [-0.4, -0.2) is 35.5 Å². The number of benzene rings is 2. The number of hydrogen-bond acceptors (Lipinski definition) is 4. The number of nitrogens with zero attached hydrogens (tertiary/aromatic N) is 2. The van der Waals surface area contributed by atoms with Crippen molar-refractivity contribution in [3.63, 3.8) is 0 Å². The van der Waals surface area contributed by atoms with Gasteiger partial charge in [0.2, 0.25) is 5.88 Å². The van der Waals surface area contributed by atoms with E-state index in [2.05, 4.69) is 21.4 Å². The molecule has 1 fully saturated rings. The lowest BCUT2D eigenvalue weighted by Crippen LogP contribution is -2.34. The summed E-state index contributed by atoms with van der Waals surface area (Å²) >= 11 is 1.49. The first kappa shape index (κ1) is 17.4. The first-order chi connectivity index (χ1) is 12.8. The average Bonchev–Trinajstić information content (AvgIpc) is 3.10. The fourth-order valence-corrected chi connectivity index (χ4v) is 4.37. The number of ether oxygens (including phenoxy) is 1. The number of aromatic nitrogens is 1. The molecule has 0 spiro atoms. The highest BCUT2D eigenvalue weighted by Gasteiger charge is 2.20.